The summed E-state index contributed by atoms with van der Waals surface area (Å²) in [5, 5.41) is 0.221. The number of hydrogen-bond acceptors (Lipinski definition) is 1. The summed E-state index contributed by atoms with van der Waals surface area (Å²) >= 11 is 9.30. The molecule has 0 bridgehead atoms. The van der Waals surface area contributed by atoms with Crippen molar-refractivity contribution in [2.45, 2.75) is 42.8 Å². The van der Waals surface area contributed by atoms with E-state index in [0.717, 1.165) is 25.7 Å². The molecule has 12 heavy (non-hydrogen) atoms. The number of Topliss-reactive ketones (excluding diaryl/α,β-unsaturated/α-hetero) is 1. The van der Waals surface area contributed by atoms with E-state index < -0.39 is 0 Å². The molecule has 0 spiro atoms. The lowest BCUT2D eigenvalue weighted by Crippen LogP contribution is -2.27. The van der Waals surface area contributed by atoms with Gasteiger partial charge in [0.05, 0.1) is 4.83 Å². The zero-order chi connectivity index (χ0) is 9.14. The van der Waals surface area contributed by atoms with Crippen molar-refractivity contribution < 1.29 is 4.79 Å². The summed E-state index contributed by atoms with van der Waals surface area (Å²) in [6.07, 6.45) is 4.07. The van der Waals surface area contributed by atoms with Gasteiger partial charge in [0.1, 0.15) is 5.78 Å². The molecule has 0 heterocycles. The molecule has 0 aromatic rings. The lowest BCUT2D eigenvalue weighted by atomic mass is 9.85. The van der Waals surface area contributed by atoms with E-state index in [1.165, 1.54) is 0 Å². The van der Waals surface area contributed by atoms with Gasteiger partial charge in [0.2, 0.25) is 0 Å². The Labute approximate surface area is 87.0 Å². The first-order chi connectivity index (χ1) is 5.61. The lowest BCUT2D eigenvalue weighted by Gasteiger charge is -2.24. The Morgan fingerprint density at radius 3 is 2.75 bits per heavy atom. The average molecular weight is 254 g/mol. The maximum Gasteiger partial charge on any atom is 0.149 e. The van der Waals surface area contributed by atoms with E-state index in [1.54, 1.807) is 0 Å². The van der Waals surface area contributed by atoms with Crippen LogP contribution >= 0.6 is 27.5 Å². The zero-order valence-electron chi connectivity index (χ0n) is 7.22. The summed E-state index contributed by atoms with van der Waals surface area (Å²) in [7, 11) is 0. The molecular weight excluding hydrogens is 239 g/mol. The predicted molar refractivity (Wildman–Crippen MR) is 55.0 cm³/mol. The van der Waals surface area contributed by atoms with Gasteiger partial charge < -0.3 is 0 Å². The summed E-state index contributed by atoms with van der Waals surface area (Å²) in [5.41, 5.74) is 0. The number of alkyl halides is 2. The van der Waals surface area contributed by atoms with Crippen LogP contribution in [0.5, 0.6) is 0 Å². The van der Waals surface area contributed by atoms with Gasteiger partial charge in [-0.25, -0.2) is 0 Å². The fraction of sp³-hybridized carbons (Fsp3) is 0.889. The van der Waals surface area contributed by atoms with Gasteiger partial charge in [-0.1, -0.05) is 22.4 Å². The summed E-state index contributed by atoms with van der Waals surface area (Å²) in [5.74, 6) is 0.524. The third kappa shape index (κ3) is 2.74. The van der Waals surface area contributed by atoms with Crippen molar-refractivity contribution in [1.29, 1.82) is 0 Å². The molecule has 1 aliphatic carbocycles. The number of halogens is 2. The minimum atomic E-state index is -0.00975. The van der Waals surface area contributed by atoms with Gasteiger partial charge in [-0.15, -0.1) is 11.6 Å². The predicted octanol–water partition coefficient (Wildman–Crippen LogP) is 3.14. The first-order valence-electron chi connectivity index (χ1n) is 4.43. The molecule has 1 saturated carbocycles. The van der Waals surface area contributed by atoms with E-state index in [4.69, 9.17) is 11.6 Å². The van der Waals surface area contributed by atoms with Crippen LogP contribution in [0.3, 0.4) is 0 Å². The van der Waals surface area contributed by atoms with Gasteiger partial charge in [-0.3, -0.25) is 4.79 Å². The molecule has 0 saturated heterocycles. The van der Waals surface area contributed by atoms with Crippen LogP contribution in [0.4, 0.5) is 0 Å². The Bertz CT molecular complexity index is 170. The fourth-order valence-electron chi connectivity index (χ4n) is 1.71. The minimum Gasteiger partial charge on any atom is -0.298 e. The molecule has 0 aromatic carbocycles. The molecule has 1 rings (SSSR count). The molecule has 3 unspecified atom stereocenters. The highest BCUT2D eigenvalue weighted by Crippen LogP contribution is 2.29. The van der Waals surface area contributed by atoms with Gasteiger partial charge in [-0.05, 0) is 26.2 Å². The third-order valence-corrected chi connectivity index (χ3v) is 3.25. The lowest BCUT2D eigenvalue weighted by molar-refractivity contribution is -0.122. The van der Waals surface area contributed by atoms with Crippen LogP contribution < -0.4 is 0 Å². The molecule has 3 heteroatoms. The van der Waals surface area contributed by atoms with Crippen LogP contribution in [0.2, 0.25) is 0 Å². The van der Waals surface area contributed by atoms with Gasteiger partial charge in [0, 0.05) is 11.3 Å². The number of carbonyl (C=O) groups excluding carboxylic acids is 1. The second-order valence-corrected chi connectivity index (χ2v) is 5.47. The Morgan fingerprint density at radius 2 is 2.25 bits per heavy atom. The molecule has 1 fully saturated rings. The summed E-state index contributed by atoms with van der Waals surface area (Å²) in [6.45, 7) is 1.89. The molecule has 0 N–H and O–H groups in total. The number of ketones is 1. The molecule has 0 aliphatic heterocycles. The van der Waals surface area contributed by atoms with Crippen molar-refractivity contribution in [3.05, 3.63) is 0 Å². The van der Waals surface area contributed by atoms with Crippen molar-refractivity contribution in [2.24, 2.45) is 5.92 Å². The Hall–Kier alpha value is 0.440. The Balaban J connectivity index is 2.46. The van der Waals surface area contributed by atoms with Crippen LogP contribution in [-0.2, 0) is 4.79 Å². The van der Waals surface area contributed by atoms with Crippen molar-refractivity contribution in [1.82, 2.24) is 0 Å². The van der Waals surface area contributed by atoms with E-state index in [0.29, 0.717) is 5.78 Å². The van der Waals surface area contributed by atoms with E-state index in [2.05, 4.69) is 15.9 Å². The van der Waals surface area contributed by atoms with Gasteiger partial charge >= 0.3 is 0 Å². The number of carbonyl (C=O) groups is 1. The van der Waals surface area contributed by atoms with E-state index in [9.17, 15) is 4.79 Å². The van der Waals surface area contributed by atoms with Crippen LogP contribution in [0, 0.1) is 5.92 Å². The summed E-state index contributed by atoms with van der Waals surface area (Å²) in [4.78, 5) is 11.5. The van der Waals surface area contributed by atoms with E-state index >= 15 is 0 Å². The second kappa shape index (κ2) is 4.61. The van der Waals surface area contributed by atoms with E-state index in [-0.39, 0.29) is 16.1 Å². The van der Waals surface area contributed by atoms with Crippen LogP contribution in [-0.4, -0.2) is 16.0 Å². The number of hydrogen-bond donors (Lipinski definition) is 0. The molecule has 0 radical (unpaired) electrons. The van der Waals surface area contributed by atoms with Gasteiger partial charge in [0.15, 0.2) is 0 Å². The van der Waals surface area contributed by atoms with Crippen LogP contribution in [0.1, 0.15) is 32.6 Å². The normalized spacial score (nSPS) is 32.9. The Kier molecular flexibility index (Phi) is 4.04. The molecular formula is C9H14BrClO. The highest BCUT2D eigenvalue weighted by atomic mass is 79.9. The maximum atomic E-state index is 11.5. The van der Waals surface area contributed by atoms with Gasteiger partial charge in [-0.2, -0.15) is 0 Å². The highest BCUT2D eigenvalue weighted by Gasteiger charge is 2.27. The quantitative estimate of drug-likeness (QED) is 0.691. The number of rotatable bonds is 2. The van der Waals surface area contributed by atoms with Crippen molar-refractivity contribution in [2.75, 3.05) is 0 Å². The second-order valence-electron chi connectivity index (χ2n) is 3.48. The van der Waals surface area contributed by atoms with Crippen LogP contribution in [0.25, 0.3) is 0 Å². The fourth-order valence-corrected chi connectivity index (χ4v) is 2.46. The standard InChI is InChI=1S/C9H14BrClO/c1-6(10)9(12)7-3-2-4-8(11)5-7/h6-8H,2-5H2,1H3. The summed E-state index contributed by atoms with van der Waals surface area (Å²) < 4.78 is 0. The third-order valence-electron chi connectivity index (χ3n) is 2.40. The molecule has 3 atom stereocenters. The van der Waals surface area contributed by atoms with Crippen LogP contribution in [0.15, 0.2) is 0 Å². The zero-order valence-corrected chi connectivity index (χ0v) is 9.57. The van der Waals surface area contributed by atoms with Crippen molar-refractivity contribution in [3.8, 4) is 0 Å². The molecule has 1 nitrogen and oxygen atoms in total. The van der Waals surface area contributed by atoms with Gasteiger partial charge in [0.25, 0.3) is 0 Å². The average Bonchev–Trinajstić information content (AvgIpc) is 2.03. The minimum absolute atomic E-state index is 0.00975. The molecule has 0 amide bonds. The molecule has 0 aromatic heterocycles. The van der Waals surface area contributed by atoms with Crippen molar-refractivity contribution >= 4 is 33.3 Å². The first-order valence-corrected chi connectivity index (χ1v) is 5.78. The first kappa shape index (κ1) is 10.5. The molecule has 1 aliphatic rings. The summed E-state index contributed by atoms with van der Waals surface area (Å²) in [6, 6.07) is 0. The maximum absolute atomic E-state index is 11.5. The Morgan fingerprint density at radius 1 is 1.58 bits per heavy atom. The van der Waals surface area contributed by atoms with Crippen molar-refractivity contribution in [3.63, 3.8) is 0 Å². The smallest absolute Gasteiger partial charge is 0.149 e. The topological polar surface area (TPSA) is 17.1 Å². The SMILES string of the molecule is CC(Br)C(=O)C1CCCC(Cl)C1. The molecule has 70 valence electrons. The monoisotopic (exact) mass is 252 g/mol. The van der Waals surface area contributed by atoms with E-state index in [1.807, 2.05) is 6.92 Å². The highest BCUT2D eigenvalue weighted by molar-refractivity contribution is 9.10. The largest absolute Gasteiger partial charge is 0.298 e.